The molecule has 1 aliphatic carbocycles. The lowest BCUT2D eigenvalue weighted by atomic mass is 9.90. The summed E-state index contributed by atoms with van der Waals surface area (Å²) in [7, 11) is 0. The molecular weight excluding hydrogens is 567 g/mol. The van der Waals surface area contributed by atoms with Crippen LogP contribution in [-0.2, 0) is 29.4 Å². The van der Waals surface area contributed by atoms with Crippen molar-refractivity contribution in [2.45, 2.75) is 69.7 Å². The van der Waals surface area contributed by atoms with E-state index in [1.54, 1.807) is 24.3 Å². The molecule has 2 N–H and O–H groups in total. The van der Waals surface area contributed by atoms with Gasteiger partial charge in [-0.15, -0.1) is 0 Å². The van der Waals surface area contributed by atoms with Crippen LogP contribution in [0.5, 0.6) is 0 Å². The summed E-state index contributed by atoms with van der Waals surface area (Å²) in [5, 5.41) is 11.1. The van der Waals surface area contributed by atoms with E-state index in [9.17, 15) is 27.9 Å². The van der Waals surface area contributed by atoms with Gasteiger partial charge in [-0.05, 0) is 77.6 Å². The van der Waals surface area contributed by atoms with Gasteiger partial charge in [-0.25, -0.2) is 4.98 Å². The maximum absolute atomic E-state index is 13.5. The van der Waals surface area contributed by atoms with Gasteiger partial charge in [0.1, 0.15) is 5.82 Å². The first-order chi connectivity index (χ1) is 21.0. The first-order valence-corrected chi connectivity index (χ1v) is 14.9. The quantitative estimate of drug-likeness (QED) is 0.259. The van der Waals surface area contributed by atoms with Gasteiger partial charge in [-0.2, -0.15) is 13.2 Å². The van der Waals surface area contributed by atoms with Crippen molar-refractivity contribution < 1.29 is 23.1 Å². The molecule has 0 radical (unpaired) electrons. The summed E-state index contributed by atoms with van der Waals surface area (Å²) in [5.74, 6) is 0.465. The summed E-state index contributed by atoms with van der Waals surface area (Å²) >= 11 is 0. The number of benzene rings is 3. The van der Waals surface area contributed by atoms with Gasteiger partial charge >= 0.3 is 6.18 Å². The monoisotopic (exact) mass is 601 g/mol. The minimum Gasteiger partial charge on any atom is -0.378 e. The molecule has 228 valence electrons. The van der Waals surface area contributed by atoms with E-state index in [1.807, 2.05) is 0 Å². The number of nitrogens with one attached hydrogen (secondary N) is 1. The molecule has 1 aliphatic heterocycles. The Kier molecular flexibility index (Phi) is 7.70. The molecule has 2 heterocycles. The molecule has 1 aromatic heterocycles. The van der Waals surface area contributed by atoms with E-state index in [0.717, 1.165) is 30.5 Å². The fraction of sp³-hybridized carbons (Fsp3) is 0.343. The van der Waals surface area contributed by atoms with Crippen molar-refractivity contribution in [1.29, 1.82) is 0 Å². The van der Waals surface area contributed by atoms with E-state index in [2.05, 4.69) is 43.1 Å². The van der Waals surface area contributed by atoms with Crippen LogP contribution in [-0.4, -0.2) is 32.4 Å². The largest absolute Gasteiger partial charge is 0.416 e. The summed E-state index contributed by atoms with van der Waals surface area (Å²) in [6.45, 7) is 4.64. The van der Waals surface area contributed by atoms with Crippen LogP contribution in [0, 0.1) is 0 Å². The van der Waals surface area contributed by atoms with E-state index >= 15 is 0 Å². The standard InChI is InChI=1S/C35H34F3N3O3/c1-21(2)22-7-4-11-26(18-22)34(14-15-34)33-39-29-13-6-16-41(20-28(29)31(43)40-33)32(44)30(42)25-10-3-8-23(17-25)24-9-5-12-27(19-24)35(36,37)38/h3-5,7-12,17-19,21,30,42H,6,13-16,20H2,1-2H3,(H,39,40,43). The molecule has 9 heteroatoms. The van der Waals surface area contributed by atoms with Gasteiger partial charge in [0.05, 0.1) is 28.8 Å². The van der Waals surface area contributed by atoms with Crippen molar-refractivity contribution in [2.24, 2.45) is 0 Å². The molecule has 1 fully saturated rings. The second-order valence-corrected chi connectivity index (χ2v) is 12.2. The number of aliphatic hydroxyl groups is 1. The number of hydrogen-bond acceptors (Lipinski definition) is 4. The van der Waals surface area contributed by atoms with E-state index < -0.39 is 23.8 Å². The van der Waals surface area contributed by atoms with Gasteiger partial charge in [0, 0.05) is 6.54 Å². The number of fused-ring (bicyclic) bond motifs is 1. The first-order valence-electron chi connectivity index (χ1n) is 14.9. The molecule has 3 aromatic carbocycles. The Bertz CT molecular complexity index is 1770. The Morgan fingerprint density at radius 1 is 0.977 bits per heavy atom. The van der Waals surface area contributed by atoms with Crippen LogP contribution in [0.15, 0.2) is 77.6 Å². The summed E-state index contributed by atoms with van der Waals surface area (Å²) < 4.78 is 39.8. The third-order valence-electron chi connectivity index (χ3n) is 8.87. The summed E-state index contributed by atoms with van der Waals surface area (Å²) in [4.78, 5) is 36.4. The number of carbonyl (C=O) groups is 1. The predicted molar refractivity (Wildman–Crippen MR) is 161 cm³/mol. The van der Waals surface area contributed by atoms with Gasteiger partial charge in [-0.1, -0.05) is 68.4 Å². The zero-order valence-corrected chi connectivity index (χ0v) is 24.6. The van der Waals surface area contributed by atoms with E-state index in [1.165, 1.54) is 22.6 Å². The van der Waals surface area contributed by atoms with Crippen LogP contribution in [0.4, 0.5) is 13.2 Å². The van der Waals surface area contributed by atoms with Crippen molar-refractivity contribution in [1.82, 2.24) is 14.9 Å². The molecular formula is C35H34F3N3O3. The highest BCUT2D eigenvalue weighted by Crippen LogP contribution is 2.52. The second kappa shape index (κ2) is 11.4. The van der Waals surface area contributed by atoms with Crippen LogP contribution >= 0.6 is 0 Å². The highest BCUT2D eigenvalue weighted by atomic mass is 19.4. The number of amides is 1. The third-order valence-corrected chi connectivity index (χ3v) is 8.87. The maximum atomic E-state index is 13.5. The van der Waals surface area contributed by atoms with Gasteiger partial charge in [0.25, 0.3) is 11.5 Å². The molecule has 1 unspecified atom stereocenters. The Balaban J connectivity index is 1.24. The number of rotatable bonds is 6. The van der Waals surface area contributed by atoms with Gasteiger partial charge < -0.3 is 15.0 Å². The van der Waals surface area contributed by atoms with Gasteiger partial charge in [0.2, 0.25) is 0 Å². The molecule has 0 saturated heterocycles. The van der Waals surface area contributed by atoms with Crippen LogP contribution in [0.25, 0.3) is 11.1 Å². The van der Waals surface area contributed by atoms with Crippen molar-refractivity contribution in [3.8, 4) is 11.1 Å². The second-order valence-electron chi connectivity index (χ2n) is 12.2. The molecule has 1 saturated carbocycles. The first kappa shape index (κ1) is 29.8. The fourth-order valence-corrected chi connectivity index (χ4v) is 6.10. The van der Waals surface area contributed by atoms with Crippen molar-refractivity contribution in [2.75, 3.05) is 6.54 Å². The molecule has 0 spiro atoms. The number of hydrogen-bond donors (Lipinski definition) is 2. The van der Waals surface area contributed by atoms with Gasteiger partial charge in [-0.3, -0.25) is 9.59 Å². The molecule has 6 nitrogen and oxygen atoms in total. The number of carbonyl (C=O) groups excluding carboxylic acids is 1. The molecule has 1 amide bonds. The van der Waals surface area contributed by atoms with Crippen LogP contribution < -0.4 is 5.56 Å². The maximum Gasteiger partial charge on any atom is 0.416 e. The summed E-state index contributed by atoms with van der Waals surface area (Å²) in [5.41, 5.74) is 3.12. The number of alkyl halides is 3. The van der Waals surface area contributed by atoms with Crippen LogP contribution in [0.2, 0.25) is 0 Å². The predicted octanol–water partition coefficient (Wildman–Crippen LogP) is 6.67. The highest BCUT2D eigenvalue weighted by Gasteiger charge is 2.49. The third kappa shape index (κ3) is 5.68. The zero-order chi connectivity index (χ0) is 31.2. The number of aliphatic hydroxyl groups excluding tert-OH is 1. The SMILES string of the molecule is CC(C)c1cccc(C2(c3nc4c(c(=O)[nH]3)CN(C(=O)C(O)c3cccc(-c5cccc(C(F)(F)F)c5)c3)CCC4)CC2)c1. The normalized spacial score (nSPS) is 16.8. The zero-order valence-electron chi connectivity index (χ0n) is 24.6. The fourth-order valence-electron chi connectivity index (χ4n) is 6.10. The molecule has 4 aromatic rings. The average molecular weight is 602 g/mol. The summed E-state index contributed by atoms with van der Waals surface area (Å²) in [6, 6.07) is 19.7. The highest BCUT2D eigenvalue weighted by molar-refractivity contribution is 5.83. The Labute approximate surface area is 253 Å². The molecule has 0 bridgehead atoms. The van der Waals surface area contributed by atoms with Gasteiger partial charge in [0.15, 0.2) is 6.10 Å². The Hall–Kier alpha value is -4.24. The van der Waals surface area contributed by atoms with E-state index in [0.29, 0.717) is 53.5 Å². The average Bonchev–Trinajstić information content (AvgIpc) is 3.85. The van der Waals surface area contributed by atoms with Crippen molar-refractivity contribution >= 4 is 5.91 Å². The van der Waals surface area contributed by atoms with E-state index in [-0.39, 0.29) is 23.1 Å². The van der Waals surface area contributed by atoms with Crippen molar-refractivity contribution in [3.63, 3.8) is 0 Å². The minimum absolute atomic E-state index is 0.0109. The smallest absolute Gasteiger partial charge is 0.378 e. The number of aryl methyl sites for hydroxylation is 1. The Morgan fingerprint density at radius 2 is 1.66 bits per heavy atom. The minimum atomic E-state index is -4.49. The molecule has 6 rings (SSSR count). The Morgan fingerprint density at radius 3 is 2.36 bits per heavy atom. The lowest BCUT2D eigenvalue weighted by Crippen LogP contribution is -2.36. The van der Waals surface area contributed by atoms with Crippen LogP contribution in [0.3, 0.4) is 0 Å². The number of nitrogens with zero attached hydrogens (tertiary/aromatic N) is 2. The molecule has 44 heavy (non-hydrogen) atoms. The molecule has 1 atom stereocenters. The van der Waals surface area contributed by atoms with Crippen molar-refractivity contribution in [3.05, 3.63) is 122 Å². The number of aromatic nitrogens is 2. The van der Waals surface area contributed by atoms with Crippen LogP contribution in [0.1, 0.15) is 84.5 Å². The number of halogens is 3. The number of aromatic amines is 1. The lowest BCUT2D eigenvalue weighted by molar-refractivity contribution is -0.141. The topological polar surface area (TPSA) is 86.3 Å². The lowest BCUT2D eigenvalue weighted by Gasteiger charge is -2.24. The number of H-pyrrole nitrogens is 1. The molecule has 2 aliphatic rings. The van der Waals surface area contributed by atoms with E-state index in [4.69, 9.17) is 4.98 Å². The summed E-state index contributed by atoms with van der Waals surface area (Å²) in [6.07, 6.45) is -3.14.